The molecule has 0 saturated heterocycles. The smallest absolute Gasteiger partial charge is 0.490 e. The summed E-state index contributed by atoms with van der Waals surface area (Å²) in [6.45, 7) is 0.863. The molecule has 0 aliphatic carbocycles. The number of halogens is 3. The summed E-state index contributed by atoms with van der Waals surface area (Å²) in [6.07, 6.45) is -4.47. The van der Waals surface area contributed by atoms with E-state index in [1.54, 1.807) is 6.07 Å². The lowest BCUT2D eigenvalue weighted by atomic mass is 9.90. The summed E-state index contributed by atoms with van der Waals surface area (Å²) in [6, 6.07) is 5.50. The average molecular weight is 392 g/mol. The molecule has 4 N–H and O–H groups in total. The van der Waals surface area contributed by atoms with Gasteiger partial charge in [0.05, 0.1) is 19.4 Å². The van der Waals surface area contributed by atoms with E-state index in [9.17, 15) is 22.8 Å². The van der Waals surface area contributed by atoms with Gasteiger partial charge in [-0.25, -0.2) is 4.79 Å². The minimum absolute atomic E-state index is 0.0905. The molecular weight excluding hydrogens is 373 g/mol. The summed E-state index contributed by atoms with van der Waals surface area (Å²) in [5.74, 6) is -3.02. The van der Waals surface area contributed by atoms with Crippen molar-refractivity contribution in [2.75, 3.05) is 25.6 Å². The van der Waals surface area contributed by atoms with Crippen LogP contribution in [0.1, 0.15) is 12.0 Å². The molecule has 1 amide bonds. The summed E-state index contributed by atoms with van der Waals surface area (Å²) >= 11 is 0. The van der Waals surface area contributed by atoms with Gasteiger partial charge in [0, 0.05) is 18.3 Å². The zero-order valence-electron chi connectivity index (χ0n) is 14.3. The highest BCUT2D eigenvalue weighted by atomic mass is 19.4. The predicted octanol–water partition coefficient (Wildman–Crippen LogP) is 1.33. The molecule has 0 fully saturated rings. The fourth-order valence-electron chi connectivity index (χ4n) is 2.16. The number of benzene rings is 1. The van der Waals surface area contributed by atoms with Gasteiger partial charge in [0.2, 0.25) is 5.91 Å². The highest BCUT2D eigenvalue weighted by Gasteiger charge is 2.38. The summed E-state index contributed by atoms with van der Waals surface area (Å²) in [5.41, 5.74) is 7.09. The van der Waals surface area contributed by atoms with Gasteiger partial charge in [-0.05, 0) is 18.1 Å². The third kappa shape index (κ3) is 7.13. The standard InChI is InChI=1S/C14H18N2O4.C2HF3O2/c1-19-13(17)7-10-6-9-2-3-11(20-5-4-15)8-12(9)16-14(10)18;3-2(4,5)1(6)7/h2-3,8,10H,4-7,15H2,1H3,(H,16,18);(H,6,7). The number of carbonyl (C=O) groups excluding carboxylic acids is 2. The van der Waals surface area contributed by atoms with Gasteiger partial charge in [-0.2, -0.15) is 13.2 Å². The number of nitrogens with one attached hydrogen (secondary N) is 1. The molecule has 1 aliphatic heterocycles. The van der Waals surface area contributed by atoms with Gasteiger partial charge in [-0.15, -0.1) is 0 Å². The molecule has 27 heavy (non-hydrogen) atoms. The van der Waals surface area contributed by atoms with Crippen molar-refractivity contribution < 1.29 is 42.1 Å². The Morgan fingerprint density at radius 1 is 1.37 bits per heavy atom. The molecule has 0 aromatic heterocycles. The van der Waals surface area contributed by atoms with Crippen LogP contribution >= 0.6 is 0 Å². The topological polar surface area (TPSA) is 128 Å². The van der Waals surface area contributed by atoms with Gasteiger partial charge in [-0.1, -0.05) is 6.07 Å². The molecule has 1 heterocycles. The van der Waals surface area contributed by atoms with Crippen molar-refractivity contribution in [3.05, 3.63) is 23.8 Å². The summed E-state index contributed by atoms with van der Waals surface area (Å²) in [7, 11) is 1.32. The van der Waals surface area contributed by atoms with E-state index in [2.05, 4.69) is 10.1 Å². The third-order valence-corrected chi connectivity index (χ3v) is 3.45. The second kappa shape index (κ2) is 9.76. The minimum atomic E-state index is -5.08. The maximum Gasteiger partial charge on any atom is 0.490 e. The van der Waals surface area contributed by atoms with Crippen molar-refractivity contribution in [2.45, 2.75) is 19.0 Å². The Balaban J connectivity index is 0.000000445. The number of nitrogens with two attached hydrogens (primary N) is 1. The number of carboxylic acids is 1. The van der Waals surface area contributed by atoms with E-state index in [0.717, 1.165) is 11.3 Å². The van der Waals surface area contributed by atoms with Gasteiger partial charge < -0.3 is 25.6 Å². The van der Waals surface area contributed by atoms with E-state index in [1.165, 1.54) is 7.11 Å². The first-order chi connectivity index (χ1) is 12.6. The van der Waals surface area contributed by atoms with Crippen LogP contribution in [0.15, 0.2) is 18.2 Å². The molecule has 0 saturated carbocycles. The fraction of sp³-hybridized carbons (Fsp3) is 0.438. The van der Waals surface area contributed by atoms with Gasteiger partial charge in [0.15, 0.2) is 0 Å². The van der Waals surface area contributed by atoms with Crippen molar-refractivity contribution in [2.24, 2.45) is 11.7 Å². The number of amides is 1. The van der Waals surface area contributed by atoms with Crippen LogP contribution in [0.5, 0.6) is 5.75 Å². The second-order valence-corrected chi connectivity index (χ2v) is 5.43. The zero-order valence-corrected chi connectivity index (χ0v) is 14.3. The predicted molar refractivity (Wildman–Crippen MR) is 87.1 cm³/mol. The summed E-state index contributed by atoms with van der Waals surface area (Å²) in [4.78, 5) is 32.1. The molecular formula is C16H19F3N2O6. The van der Waals surface area contributed by atoms with E-state index in [-0.39, 0.29) is 24.2 Å². The van der Waals surface area contributed by atoms with Crippen LogP contribution in [0.4, 0.5) is 18.9 Å². The lowest BCUT2D eigenvalue weighted by molar-refractivity contribution is -0.192. The van der Waals surface area contributed by atoms with E-state index >= 15 is 0 Å². The van der Waals surface area contributed by atoms with E-state index in [1.807, 2.05) is 12.1 Å². The molecule has 1 unspecified atom stereocenters. The van der Waals surface area contributed by atoms with E-state index < -0.39 is 12.1 Å². The second-order valence-electron chi connectivity index (χ2n) is 5.43. The van der Waals surface area contributed by atoms with Crippen molar-refractivity contribution >= 4 is 23.5 Å². The molecule has 1 atom stereocenters. The van der Waals surface area contributed by atoms with Crippen LogP contribution in [0.2, 0.25) is 0 Å². The summed E-state index contributed by atoms with van der Waals surface area (Å²) < 4.78 is 41.8. The first kappa shape index (κ1) is 22.2. The Bertz CT molecular complexity index is 693. The van der Waals surface area contributed by atoms with Gasteiger partial charge >= 0.3 is 18.1 Å². The van der Waals surface area contributed by atoms with Crippen LogP contribution in [-0.2, 0) is 25.5 Å². The molecule has 1 aromatic carbocycles. The first-order valence-corrected chi connectivity index (χ1v) is 7.72. The Hall–Kier alpha value is -2.82. The molecule has 0 bridgehead atoms. The fourth-order valence-corrected chi connectivity index (χ4v) is 2.16. The highest BCUT2D eigenvalue weighted by molar-refractivity contribution is 5.97. The monoisotopic (exact) mass is 392 g/mol. The van der Waals surface area contributed by atoms with Crippen molar-refractivity contribution in [3.63, 3.8) is 0 Å². The molecule has 150 valence electrons. The molecule has 0 radical (unpaired) electrons. The number of fused-ring (bicyclic) bond motifs is 1. The normalized spacial score (nSPS) is 15.6. The SMILES string of the molecule is COC(=O)CC1Cc2ccc(OCCN)cc2NC1=O.O=C(O)C(F)(F)F. The quantitative estimate of drug-likeness (QED) is 0.645. The number of carboxylic acid groups (broad SMARTS) is 1. The third-order valence-electron chi connectivity index (χ3n) is 3.45. The number of anilines is 1. The first-order valence-electron chi connectivity index (χ1n) is 7.72. The Morgan fingerprint density at radius 3 is 2.52 bits per heavy atom. The maximum atomic E-state index is 12.0. The number of hydrogen-bond donors (Lipinski definition) is 3. The number of alkyl halides is 3. The number of rotatable bonds is 5. The van der Waals surface area contributed by atoms with E-state index in [4.69, 9.17) is 20.4 Å². The Labute approximate surface area is 152 Å². The number of hydrogen-bond acceptors (Lipinski definition) is 6. The van der Waals surface area contributed by atoms with Gasteiger partial charge in [0.1, 0.15) is 12.4 Å². The Morgan fingerprint density at radius 2 is 2.00 bits per heavy atom. The van der Waals surface area contributed by atoms with Crippen LogP contribution in [0, 0.1) is 5.92 Å². The number of ether oxygens (including phenoxy) is 2. The highest BCUT2D eigenvalue weighted by Crippen LogP contribution is 2.30. The minimum Gasteiger partial charge on any atom is -0.492 e. The molecule has 1 aliphatic rings. The molecule has 0 spiro atoms. The average Bonchev–Trinajstić information content (AvgIpc) is 2.60. The van der Waals surface area contributed by atoms with Gasteiger partial charge in [-0.3, -0.25) is 9.59 Å². The lowest BCUT2D eigenvalue weighted by Crippen LogP contribution is -2.31. The van der Waals surface area contributed by atoms with E-state index in [0.29, 0.717) is 25.3 Å². The molecule has 11 heteroatoms. The maximum absolute atomic E-state index is 12.0. The number of esters is 1. The molecule has 8 nitrogen and oxygen atoms in total. The summed E-state index contributed by atoms with van der Waals surface area (Å²) in [5, 5.41) is 9.92. The number of carbonyl (C=O) groups is 3. The lowest BCUT2D eigenvalue weighted by Gasteiger charge is -2.24. The molecule has 2 rings (SSSR count). The van der Waals surface area contributed by atoms with Crippen LogP contribution in [0.25, 0.3) is 0 Å². The largest absolute Gasteiger partial charge is 0.492 e. The van der Waals surface area contributed by atoms with Crippen molar-refractivity contribution in [1.82, 2.24) is 0 Å². The number of methoxy groups -OCH3 is 1. The molecule has 1 aromatic rings. The van der Waals surface area contributed by atoms with Gasteiger partial charge in [0.25, 0.3) is 0 Å². The Kier molecular flexibility index (Phi) is 8.03. The van der Waals surface area contributed by atoms with Crippen molar-refractivity contribution in [1.29, 1.82) is 0 Å². The van der Waals surface area contributed by atoms with Crippen LogP contribution in [-0.4, -0.2) is 49.4 Å². The van der Waals surface area contributed by atoms with Crippen LogP contribution in [0.3, 0.4) is 0 Å². The van der Waals surface area contributed by atoms with Crippen molar-refractivity contribution in [3.8, 4) is 5.75 Å². The van der Waals surface area contributed by atoms with Crippen LogP contribution < -0.4 is 15.8 Å². The number of aliphatic carboxylic acids is 1. The zero-order chi connectivity index (χ0) is 20.6.